The lowest BCUT2D eigenvalue weighted by molar-refractivity contribution is -0.127. The fourth-order valence-electron chi connectivity index (χ4n) is 2.54. The summed E-state index contributed by atoms with van der Waals surface area (Å²) in [4.78, 5) is 24.7. The molecule has 2 unspecified atom stereocenters. The van der Waals surface area contributed by atoms with Crippen LogP contribution in [0.25, 0.3) is 0 Å². The quantitative estimate of drug-likeness (QED) is 0.845. The molecule has 102 valence electrons. The van der Waals surface area contributed by atoms with Gasteiger partial charge in [0.15, 0.2) is 5.78 Å². The standard InChI is InChI=1S/C15H13NO4/c17-13-5-4-10-7-16(8-12(10)14(13)18)11-3-1-2-9(6-11)15(19)20/h1-7,12-13,17H,8H2,(H,19,20). The number of aliphatic hydroxyl groups excluding tert-OH is 1. The van der Waals surface area contributed by atoms with Gasteiger partial charge in [-0.3, -0.25) is 4.79 Å². The molecule has 1 aliphatic carbocycles. The largest absolute Gasteiger partial charge is 0.478 e. The van der Waals surface area contributed by atoms with Gasteiger partial charge in [0.05, 0.1) is 11.5 Å². The van der Waals surface area contributed by atoms with Crippen molar-refractivity contribution in [3.05, 3.63) is 53.8 Å². The van der Waals surface area contributed by atoms with Crippen LogP contribution in [0.15, 0.2) is 48.2 Å². The number of aliphatic hydroxyl groups is 1. The number of carboxylic acid groups (broad SMARTS) is 1. The Bertz CT molecular complexity index is 647. The average Bonchev–Trinajstić information content (AvgIpc) is 2.88. The summed E-state index contributed by atoms with van der Waals surface area (Å²) in [5.41, 5.74) is 1.78. The second-order valence-electron chi connectivity index (χ2n) is 4.90. The highest BCUT2D eigenvalue weighted by Crippen LogP contribution is 2.32. The number of anilines is 1. The zero-order valence-electron chi connectivity index (χ0n) is 10.6. The predicted molar refractivity (Wildman–Crippen MR) is 72.5 cm³/mol. The molecule has 5 nitrogen and oxygen atoms in total. The van der Waals surface area contributed by atoms with Gasteiger partial charge in [-0.2, -0.15) is 0 Å². The van der Waals surface area contributed by atoms with Crippen molar-refractivity contribution in [1.82, 2.24) is 0 Å². The first-order valence-electron chi connectivity index (χ1n) is 6.28. The Kier molecular flexibility index (Phi) is 2.91. The Morgan fingerprint density at radius 2 is 2.15 bits per heavy atom. The molecule has 0 saturated carbocycles. The first-order valence-corrected chi connectivity index (χ1v) is 6.28. The van der Waals surface area contributed by atoms with Gasteiger partial charge in [0.25, 0.3) is 0 Å². The van der Waals surface area contributed by atoms with Crippen LogP contribution in [-0.4, -0.2) is 34.6 Å². The highest BCUT2D eigenvalue weighted by atomic mass is 16.4. The number of aromatic carboxylic acids is 1. The summed E-state index contributed by atoms with van der Waals surface area (Å²) in [5, 5.41) is 18.5. The van der Waals surface area contributed by atoms with Crippen LogP contribution in [0.4, 0.5) is 5.69 Å². The summed E-state index contributed by atoms with van der Waals surface area (Å²) in [5.74, 6) is -1.54. The molecule has 1 aromatic rings. The molecule has 2 aliphatic rings. The normalized spacial score (nSPS) is 24.6. The first-order chi connectivity index (χ1) is 9.56. The van der Waals surface area contributed by atoms with Crippen molar-refractivity contribution in [2.24, 2.45) is 5.92 Å². The van der Waals surface area contributed by atoms with E-state index < -0.39 is 12.1 Å². The van der Waals surface area contributed by atoms with Crippen LogP contribution in [-0.2, 0) is 4.79 Å². The molecule has 0 aromatic heterocycles. The first kappa shape index (κ1) is 12.6. The van der Waals surface area contributed by atoms with E-state index in [-0.39, 0.29) is 17.3 Å². The number of carbonyl (C=O) groups excluding carboxylic acids is 1. The molecule has 0 saturated heterocycles. The third-order valence-corrected chi connectivity index (χ3v) is 3.62. The number of Topliss-reactive ketones (excluding diaryl/α,β-unsaturated/α-hetero) is 1. The van der Waals surface area contributed by atoms with E-state index in [0.717, 1.165) is 11.3 Å². The minimum Gasteiger partial charge on any atom is -0.478 e. The van der Waals surface area contributed by atoms with Crippen LogP contribution in [0.2, 0.25) is 0 Å². The molecule has 0 fully saturated rings. The van der Waals surface area contributed by atoms with Crippen LogP contribution < -0.4 is 4.90 Å². The van der Waals surface area contributed by atoms with Gasteiger partial charge in [-0.25, -0.2) is 4.79 Å². The van der Waals surface area contributed by atoms with Crippen molar-refractivity contribution in [1.29, 1.82) is 0 Å². The fraction of sp³-hybridized carbons (Fsp3) is 0.200. The molecule has 5 heteroatoms. The van der Waals surface area contributed by atoms with Crippen LogP contribution in [0.5, 0.6) is 0 Å². The maximum atomic E-state index is 11.9. The van der Waals surface area contributed by atoms with E-state index in [2.05, 4.69) is 0 Å². The summed E-state index contributed by atoms with van der Waals surface area (Å²) in [6, 6.07) is 6.56. The van der Waals surface area contributed by atoms with Crippen molar-refractivity contribution >= 4 is 17.4 Å². The molecule has 2 atom stereocenters. The number of hydrogen-bond acceptors (Lipinski definition) is 4. The van der Waals surface area contributed by atoms with Crippen molar-refractivity contribution in [2.45, 2.75) is 6.10 Å². The molecule has 0 spiro atoms. The lowest BCUT2D eigenvalue weighted by atomic mass is 9.89. The zero-order chi connectivity index (χ0) is 14.3. The summed E-state index contributed by atoms with van der Waals surface area (Å²) < 4.78 is 0. The van der Waals surface area contributed by atoms with Gasteiger partial charge in [0.1, 0.15) is 6.10 Å². The second kappa shape index (κ2) is 4.61. The number of rotatable bonds is 2. The fourth-order valence-corrected chi connectivity index (χ4v) is 2.54. The Balaban J connectivity index is 1.90. The third-order valence-electron chi connectivity index (χ3n) is 3.62. The van der Waals surface area contributed by atoms with Crippen molar-refractivity contribution in [2.75, 3.05) is 11.4 Å². The number of fused-ring (bicyclic) bond motifs is 1. The van der Waals surface area contributed by atoms with E-state index in [1.54, 1.807) is 24.3 Å². The Labute approximate surface area is 115 Å². The third kappa shape index (κ3) is 2.02. The molecule has 2 N–H and O–H groups in total. The SMILES string of the molecule is O=C(O)c1cccc(N2C=C3C=CC(O)C(=O)C3C2)c1. The maximum absolute atomic E-state index is 11.9. The van der Waals surface area contributed by atoms with Crippen LogP contribution in [0, 0.1) is 5.92 Å². The number of carbonyl (C=O) groups is 2. The Hall–Kier alpha value is -2.40. The Morgan fingerprint density at radius 3 is 2.90 bits per heavy atom. The number of benzene rings is 1. The molecule has 20 heavy (non-hydrogen) atoms. The highest BCUT2D eigenvalue weighted by molar-refractivity contribution is 5.93. The molecule has 3 rings (SSSR count). The highest BCUT2D eigenvalue weighted by Gasteiger charge is 2.35. The Morgan fingerprint density at radius 1 is 1.35 bits per heavy atom. The van der Waals surface area contributed by atoms with Gasteiger partial charge in [-0.15, -0.1) is 0 Å². The molecule has 0 bridgehead atoms. The van der Waals surface area contributed by atoms with Gasteiger partial charge < -0.3 is 15.1 Å². The molecule has 0 radical (unpaired) electrons. The van der Waals surface area contributed by atoms with Gasteiger partial charge in [-0.1, -0.05) is 12.1 Å². The van der Waals surface area contributed by atoms with Crippen LogP contribution >= 0.6 is 0 Å². The zero-order valence-corrected chi connectivity index (χ0v) is 10.6. The van der Waals surface area contributed by atoms with Crippen LogP contribution in [0.1, 0.15) is 10.4 Å². The minimum absolute atomic E-state index is 0.206. The molecular weight excluding hydrogens is 258 g/mol. The minimum atomic E-state index is -1.04. The number of hydrogen-bond donors (Lipinski definition) is 2. The molecular formula is C15H13NO4. The number of allylic oxidation sites excluding steroid dienone is 1. The van der Waals surface area contributed by atoms with E-state index in [9.17, 15) is 14.7 Å². The topological polar surface area (TPSA) is 77.8 Å². The van der Waals surface area contributed by atoms with Crippen molar-refractivity contribution in [3.63, 3.8) is 0 Å². The molecule has 0 amide bonds. The lowest BCUT2D eigenvalue weighted by Crippen LogP contribution is -2.33. The lowest BCUT2D eigenvalue weighted by Gasteiger charge is -2.20. The van der Waals surface area contributed by atoms with E-state index in [1.165, 1.54) is 12.1 Å². The summed E-state index contributed by atoms with van der Waals surface area (Å²) in [6.07, 6.45) is 4.01. The van der Waals surface area contributed by atoms with E-state index in [0.29, 0.717) is 6.54 Å². The van der Waals surface area contributed by atoms with Gasteiger partial charge >= 0.3 is 5.97 Å². The predicted octanol–water partition coefficient (Wildman–Crippen LogP) is 1.20. The summed E-state index contributed by atoms with van der Waals surface area (Å²) in [6.45, 7) is 0.429. The number of carboxylic acids is 1. The summed E-state index contributed by atoms with van der Waals surface area (Å²) in [7, 11) is 0. The van der Waals surface area contributed by atoms with Crippen molar-refractivity contribution < 1.29 is 19.8 Å². The van der Waals surface area contributed by atoms with Gasteiger partial charge in [-0.05, 0) is 29.8 Å². The smallest absolute Gasteiger partial charge is 0.335 e. The second-order valence-corrected chi connectivity index (χ2v) is 4.90. The summed E-state index contributed by atoms with van der Waals surface area (Å²) >= 11 is 0. The van der Waals surface area contributed by atoms with E-state index in [4.69, 9.17) is 5.11 Å². The molecule has 1 aliphatic heterocycles. The average molecular weight is 271 g/mol. The van der Waals surface area contributed by atoms with Gasteiger partial charge in [0.2, 0.25) is 0 Å². The molecule has 1 heterocycles. The molecule has 1 aromatic carbocycles. The maximum Gasteiger partial charge on any atom is 0.335 e. The number of nitrogens with zero attached hydrogens (tertiary/aromatic N) is 1. The van der Waals surface area contributed by atoms with Crippen LogP contribution in [0.3, 0.4) is 0 Å². The van der Waals surface area contributed by atoms with E-state index in [1.807, 2.05) is 11.1 Å². The van der Waals surface area contributed by atoms with E-state index >= 15 is 0 Å². The van der Waals surface area contributed by atoms with Gasteiger partial charge in [0, 0.05) is 18.4 Å². The van der Waals surface area contributed by atoms with Crippen molar-refractivity contribution in [3.8, 4) is 0 Å². The number of ketones is 1. The monoisotopic (exact) mass is 271 g/mol.